The van der Waals surface area contributed by atoms with Crippen molar-refractivity contribution in [2.24, 2.45) is 0 Å². The van der Waals surface area contributed by atoms with Crippen LogP contribution in [0, 0.1) is 0 Å². The fourth-order valence-corrected chi connectivity index (χ4v) is 2.96. The van der Waals surface area contributed by atoms with Gasteiger partial charge in [-0.05, 0) is 61.6 Å². The Morgan fingerprint density at radius 2 is 0.929 bits per heavy atom. The number of rotatable bonds is 12. The Morgan fingerprint density at radius 3 is 1.21 bits per heavy atom. The molecule has 0 N–H and O–H groups in total. The predicted octanol–water partition coefficient (Wildman–Crippen LogP) is 4.52. The Bertz CT molecular complexity index is 587. The molecular formula is C22H34BClN2O2. The van der Waals surface area contributed by atoms with Crippen molar-refractivity contribution in [3.05, 3.63) is 59.7 Å². The third-order valence-electron chi connectivity index (χ3n) is 4.90. The highest BCUT2D eigenvalue weighted by Crippen LogP contribution is 2.16. The van der Waals surface area contributed by atoms with Crippen LogP contribution in [0.4, 0.5) is 0 Å². The standard InChI is InChI=1S/C22H33BN2O2.ClH/c1-5-24(6-2)17-19-9-13-21(14-10-19)26-23-27-22-15-11-20(12-16-22)18-25(7-3)8-4;/h9-16,23H,5-8,17-18H2,1-4H3;1H. The Morgan fingerprint density at radius 1 is 0.607 bits per heavy atom. The van der Waals surface area contributed by atoms with Gasteiger partial charge < -0.3 is 9.31 Å². The van der Waals surface area contributed by atoms with Gasteiger partial charge in [0.15, 0.2) is 0 Å². The van der Waals surface area contributed by atoms with Crippen molar-refractivity contribution in [3.8, 4) is 11.5 Å². The molecule has 2 aromatic rings. The summed E-state index contributed by atoms with van der Waals surface area (Å²) in [5, 5.41) is 0. The molecule has 0 aliphatic rings. The van der Waals surface area contributed by atoms with Crippen LogP contribution in [0.15, 0.2) is 48.5 Å². The lowest BCUT2D eigenvalue weighted by Gasteiger charge is -2.18. The van der Waals surface area contributed by atoms with E-state index >= 15 is 0 Å². The molecule has 4 nitrogen and oxygen atoms in total. The highest BCUT2D eigenvalue weighted by atomic mass is 35.5. The van der Waals surface area contributed by atoms with Gasteiger partial charge in [-0.3, -0.25) is 9.80 Å². The second-order valence-corrected chi connectivity index (χ2v) is 6.62. The lowest BCUT2D eigenvalue weighted by Crippen LogP contribution is -2.22. The summed E-state index contributed by atoms with van der Waals surface area (Å²) < 4.78 is 11.4. The van der Waals surface area contributed by atoms with E-state index < -0.39 is 0 Å². The quantitative estimate of drug-likeness (QED) is 0.486. The molecular weight excluding hydrogens is 371 g/mol. The van der Waals surface area contributed by atoms with Gasteiger partial charge in [-0.15, -0.1) is 12.4 Å². The summed E-state index contributed by atoms with van der Waals surface area (Å²) in [5.74, 6) is 1.66. The molecule has 0 saturated carbocycles. The van der Waals surface area contributed by atoms with E-state index in [0.717, 1.165) is 50.8 Å². The minimum Gasteiger partial charge on any atom is -0.529 e. The molecule has 0 fully saturated rings. The molecule has 0 aliphatic heterocycles. The van der Waals surface area contributed by atoms with Crippen LogP contribution in [0.25, 0.3) is 0 Å². The van der Waals surface area contributed by atoms with Crippen LogP contribution in [0.1, 0.15) is 38.8 Å². The number of halogens is 1. The van der Waals surface area contributed by atoms with E-state index in [-0.39, 0.29) is 20.1 Å². The summed E-state index contributed by atoms with van der Waals surface area (Å²) in [5.41, 5.74) is 2.60. The monoisotopic (exact) mass is 404 g/mol. The lowest BCUT2D eigenvalue weighted by atomic mass is 10.2. The first-order valence-corrected chi connectivity index (χ1v) is 10.1. The van der Waals surface area contributed by atoms with Crippen LogP contribution in [0.5, 0.6) is 11.5 Å². The molecule has 0 aromatic heterocycles. The second kappa shape index (κ2) is 13.5. The predicted molar refractivity (Wildman–Crippen MR) is 122 cm³/mol. The number of hydrogen-bond donors (Lipinski definition) is 0. The Hall–Kier alpha value is -1.69. The Kier molecular flexibility index (Phi) is 11.7. The van der Waals surface area contributed by atoms with Crippen molar-refractivity contribution in [2.75, 3.05) is 26.2 Å². The van der Waals surface area contributed by atoms with Crippen molar-refractivity contribution in [3.63, 3.8) is 0 Å². The minimum atomic E-state index is 0. The summed E-state index contributed by atoms with van der Waals surface area (Å²) in [6.07, 6.45) is 0. The van der Waals surface area contributed by atoms with Crippen LogP contribution in [-0.2, 0) is 13.1 Å². The molecule has 0 atom stereocenters. The zero-order chi connectivity index (χ0) is 19.5. The van der Waals surface area contributed by atoms with E-state index in [0.29, 0.717) is 0 Å². The molecule has 0 aliphatic carbocycles. The van der Waals surface area contributed by atoms with Crippen LogP contribution < -0.4 is 9.31 Å². The van der Waals surface area contributed by atoms with Gasteiger partial charge in [0.25, 0.3) is 0 Å². The van der Waals surface area contributed by atoms with E-state index in [1.807, 2.05) is 24.3 Å². The van der Waals surface area contributed by atoms with E-state index in [9.17, 15) is 0 Å². The van der Waals surface area contributed by atoms with Gasteiger partial charge in [0.2, 0.25) is 0 Å². The molecule has 154 valence electrons. The second-order valence-electron chi connectivity index (χ2n) is 6.62. The van der Waals surface area contributed by atoms with Gasteiger partial charge in [0, 0.05) is 13.1 Å². The zero-order valence-electron chi connectivity index (χ0n) is 17.7. The first-order chi connectivity index (χ1) is 13.2. The van der Waals surface area contributed by atoms with Gasteiger partial charge in [0.1, 0.15) is 11.5 Å². The third-order valence-corrected chi connectivity index (χ3v) is 4.90. The van der Waals surface area contributed by atoms with E-state index in [1.54, 1.807) is 0 Å². The maximum atomic E-state index is 5.71. The average molecular weight is 405 g/mol. The summed E-state index contributed by atoms with van der Waals surface area (Å²) in [6.45, 7) is 15.0. The van der Waals surface area contributed by atoms with Crippen molar-refractivity contribution >= 4 is 20.1 Å². The summed E-state index contributed by atoms with van der Waals surface area (Å²) >= 11 is 0. The Labute approximate surface area is 177 Å². The molecule has 2 rings (SSSR count). The third kappa shape index (κ3) is 8.13. The van der Waals surface area contributed by atoms with E-state index in [2.05, 4.69) is 61.8 Å². The lowest BCUT2D eigenvalue weighted by molar-refractivity contribution is 0.296. The Balaban J connectivity index is 0.00000392. The van der Waals surface area contributed by atoms with Gasteiger partial charge in [-0.1, -0.05) is 52.0 Å². The van der Waals surface area contributed by atoms with Crippen LogP contribution in [-0.4, -0.2) is 43.7 Å². The van der Waals surface area contributed by atoms with E-state index in [1.165, 1.54) is 11.1 Å². The fraction of sp³-hybridized carbons (Fsp3) is 0.455. The van der Waals surface area contributed by atoms with Gasteiger partial charge >= 0.3 is 7.69 Å². The van der Waals surface area contributed by atoms with Crippen molar-refractivity contribution in [2.45, 2.75) is 40.8 Å². The highest BCUT2D eigenvalue weighted by Gasteiger charge is 2.04. The number of benzene rings is 2. The topological polar surface area (TPSA) is 24.9 Å². The van der Waals surface area contributed by atoms with Crippen molar-refractivity contribution in [1.82, 2.24) is 9.80 Å². The molecule has 28 heavy (non-hydrogen) atoms. The molecule has 0 amide bonds. The highest BCUT2D eigenvalue weighted by molar-refractivity contribution is 6.20. The normalized spacial score (nSPS) is 10.6. The molecule has 0 radical (unpaired) electrons. The largest absolute Gasteiger partial charge is 0.576 e. The van der Waals surface area contributed by atoms with Crippen LogP contribution in [0.3, 0.4) is 0 Å². The zero-order valence-corrected chi connectivity index (χ0v) is 18.5. The molecule has 0 heterocycles. The summed E-state index contributed by atoms with van der Waals surface area (Å²) in [6, 6.07) is 16.5. The number of nitrogens with zero attached hydrogens (tertiary/aromatic N) is 2. The van der Waals surface area contributed by atoms with Gasteiger partial charge in [-0.2, -0.15) is 0 Å². The first-order valence-electron chi connectivity index (χ1n) is 10.1. The maximum Gasteiger partial charge on any atom is 0.576 e. The van der Waals surface area contributed by atoms with Gasteiger partial charge in [-0.25, -0.2) is 0 Å². The SMILES string of the molecule is CCN(CC)Cc1ccc(OBOc2ccc(CN(CC)CC)cc2)cc1.Cl. The molecule has 0 bridgehead atoms. The summed E-state index contributed by atoms with van der Waals surface area (Å²) in [4.78, 5) is 4.78. The molecule has 0 spiro atoms. The van der Waals surface area contributed by atoms with Gasteiger partial charge in [0.05, 0.1) is 0 Å². The van der Waals surface area contributed by atoms with E-state index in [4.69, 9.17) is 9.31 Å². The molecule has 0 unspecified atom stereocenters. The maximum absolute atomic E-state index is 5.71. The van der Waals surface area contributed by atoms with Crippen LogP contribution in [0.2, 0.25) is 0 Å². The minimum absolute atomic E-state index is 0. The first kappa shape index (κ1) is 24.4. The van der Waals surface area contributed by atoms with Crippen LogP contribution >= 0.6 is 12.4 Å². The summed E-state index contributed by atoms with van der Waals surface area (Å²) in [7, 11) is 0.213. The van der Waals surface area contributed by atoms with Crippen molar-refractivity contribution in [1.29, 1.82) is 0 Å². The van der Waals surface area contributed by atoms with Crippen molar-refractivity contribution < 1.29 is 9.31 Å². The fourth-order valence-electron chi connectivity index (χ4n) is 2.96. The number of hydrogen-bond acceptors (Lipinski definition) is 4. The molecule has 0 saturated heterocycles. The smallest absolute Gasteiger partial charge is 0.529 e. The molecule has 6 heteroatoms. The molecule has 2 aromatic carbocycles. The average Bonchev–Trinajstić information content (AvgIpc) is 2.72.